The van der Waals surface area contributed by atoms with E-state index in [0.717, 1.165) is 6.92 Å². The van der Waals surface area contributed by atoms with Crippen LogP contribution in [0.3, 0.4) is 0 Å². The van der Waals surface area contributed by atoms with E-state index in [-0.39, 0.29) is 13.0 Å². The summed E-state index contributed by atoms with van der Waals surface area (Å²) in [5, 5.41) is 36.5. The fourth-order valence-corrected chi connectivity index (χ4v) is 1.42. The van der Waals surface area contributed by atoms with E-state index in [4.69, 9.17) is 19.7 Å². The van der Waals surface area contributed by atoms with Gasteiger partial charge in [-0.1, -0.05) is 0 Å². The molecule has 102 valence electrons. The Morgan fingerprint density at radius 3 is 2.29 bits per heavy atom. The lowest BCUT2D eigenvalue weighted by Crippen LogP contribution is -2.48. The molecule has 4 N–H and O–H groups in total. The van der Waals surface area contributed by atoms with Gasteiger partial charge in [-0.15, -0.1) is 0 Å². The highest BCUT2D eigenvalue weighted by atomic mass is 16.7. The van der Waals surface area contributed by atoms with Gasteiger partial charge in [-0.05, 0) is 13.3 Å². The molecule has 0 aliphatic rings. The number of carboxylic acids is 1. The van der Waals surface area contributed by atoms with Crippen LogP contribution in [0.15, 0.2) is 0 Å². The van der Waals surface area contributed by atoms with Crippen LogP contribution in [0.2, 0.25) is 0 Å². The summed E-state index contributed by atoms with van der Waals surface area (Å²) in [4.78, 5) is 10.7. The van der Waals surface area contributed by atoms with Crippen molar-refractivity contribution in [1.29, 1.82) is 0 Å². The summed E-state index contributed by atoms with van der Waals surface area (Å²) in [5.41, 5.74) is 0. The number of carbonyl (C=O) groups is 1. The molecule has 4 atom stereocenters. The highest BCUT2D eigenvalue weighted by molar-refractivity contribution is 5.74. The summed E-state index contributed by atoms with van der Waals surface area (Å²) in [5.74, 6) is -3.95. The number of aliphatic hydroxyl groups excluding tert-OH is 2. The van der Waals surface area contributed by atoms with E-state index in [1.54, 1.807) is 0 Å². The fraction of sp³-hybridized carbons (Fsp3) is 0.900. The molecule has 0 aliphatic carbocycles. The normalized spacial score (nSPS) is 20.4. The zero-order valence-corrected chi connectivity index (χ0v) is 10.2. The summed E-state index contributed by atoms with van der Waals surface area (Å²) in [7, 11) is 1.32. The zero-order valence-electron chi connectivity index (χ0n) is 10.2. The van der Waals surface area contributed by atoms with Crippen molar-refractivity contribution in [3.05, 3.63) is 0 Å². The van der Waals surface area contributed by atoms with Gasteiger partial charge in [-0.25, -0.2) is 4.79 Å². The minimum Gasteiger partial charge on any atom is -0.477 e. The quantitative estimate of drug-likeness (QED) is 0.407. The van der Waals surface area contributed by atoms with Crippen LogP contribution in [0.4, 0.5) is 0 Å². The maximum Gasteiger partial charge on any atom is 0.363 e. The Balaban J connectivity index is 4.79. The van der Waals surface area contributed by atoms with Crippen LogP contribution in [0, 0.1) is 0 Å². The van der Waals surface area contributed by atoms with Crippen molar-refractivity contribution in [3.8, 4) is 0 Å². The van der Waals surface area contributed by atoms with Gasteiger partial charge in [0.25, 0.3) is 5.79 Å². The fourth-order valence-electron chi connectivity index (χ4n) is 1.42. The highest BCUT2D eigenvalue weighted by Crippen LogP contribution is 2.18. The van der Waals surface area contributed by atoms with Crippen LogP contribution >= 0.6 is 0 Å². The first-order chi connectivity index (χ1) is 7.76. The van der Waals surface area contributed by atoms with Crippen LogP contribution in [-0.2, 0) is 14.3 Å². The number of hydrogen-bond acceptors (Lipinski definition) is 6. The van der Waals surface area contributed by atoms with Gasteiger partial charge in [0.1, 0.15) is 6.10 Å². The molecule has 0 bridgehead atoms. The molecule has 0 aromatic rings. The molecule has 0 aromatic heterocycles. The first-order valence-corrected chi connectivity index (χ1v) is 5.21. The van der Waals surface area contributed by atoms with Crippen molar-refractivity contribution in [2.75, 3.05) is 13.7 Å². The van der Waals surface area contributed by atoms with Gasteiger partial charge in [0, 0.05) is 20.6 Å². The molecule has 0 heterocycles. The number of rotatable bonds is 8. The second kappa shape index (κ2) is 6.87. The Bertz CT molecular complexity index is 239. The Kier molecular flexibility index (Phi) is 6.58. The van der Waals surface area contributed by atoms with Gasteiger partial charge in [0.2, 0.25) is 0 Å². The third kappa shape index (κ3) is 4.97. The van der Waals surface area contributed by atoms with E-state index in [0.29, 0.717) is 0 Å². The van der Waals surface area contributed by atoms with Crippen LogP contribution < -0.4 is 0 Å². The number of carboxylic acid groups (broad SMARTS) is 1. The van der Waals surface area contributed by atoms with Crippen LogP contribution in [0.1, 0.15) is 20.3 Å². The molecular formula is C10H20O7. The average Bonchev–Trinajstić information content (AvgIpc) is 2.17. The summed E-state index contributed by atoms with van der Waals surface area (Å²) in [6.07, 6.45) is -2.67. The highest BCUT2D eigenvalue weighted by Gasteiger charge is 2.38. The molecule has 0 amide bonds. The van der Waals surface area contributed by atoms with Gasteiger partial charge in [0.05, 0.1) is 12.2 Å². The number of hydrogen-bond donors (Lipinski definition) is 4. The minimum absolute atomic E-state index is 0.0346. The molecule has 0 saturated carbocycles. The van der Waals surface area contributed by atoms with Crippen LogP contribution in [0.5, 0.6) is 0 Å². The third-order valence-electron chi connectivity index (χ3n) is 2.31. The SMILES string of the molecule is CO[C@@H](C(CCO)OC(C)(O)C(=O)O)[C@@H](C)O. The van der Waals surface area contributed by atoms with Crippen molar-refractivity contribution in [3.63, 3.8) is 0 Å². The largest absolute Gasteiger partial charge is 0.477 e. The second-order valence-corrected chi connectivity index (χ2v) is 3.90. The van der Waals surface area contributed by atoms with Crippen molar-refractivity contribution in [2.45, 2.75) is 44.4 Å². The molecule has 0 aliphatic heterocycles. The van der Waals surface area contributed by atoms with E-state index in [1.807, 2.05) is 0 Å². The Morgan fingerprint density at radius 2 is 2.00 bits per heavy atom. The lowest BCUT2D eigenvalue weighted by atomic mass is 10.1. The molecule has 0 saturated heterocycles. The van der Waals surface area contributed by atoms with Gasteiger partial charge in [-0.2, -0.15) is 0 Å². The average molecular weight is 252 g/mol. The smallest absolute Gasteiger partial charge is 0.363 e. The predicted octanol–water partition coefficient (Wildman–Crippen LogP) is -1.06. The lowest BCUT2D eigenvalue weighted by Gasteiger charge is -2.32. The maximum atomic E-state index is 10.7. The molecule has 0 fully saturated rings. The van der Waals surface area contributed by atoms with Crippen LogP contribution in [-0.4, -0.2) is 64.2 Å². The summed E-state index contributed by atoms with van der Waals surface area (Å²) < 4.78 is 9.93. The minimum atomic E-state index is -2.40. The van der Waals surface area contributed by atoms with Crippen molar-refractivity contribution < 1.29 is 34.7 Å². The summed E-state index contributed by atoms with van der Waals surface area (Å²) in [6, 6.07) is 0. The van der Waals surface area contributed by atoms with Crippen LogP contribution in [0.25, 0.3) is 0 Å². The standard InChI is InChI=1S/C10H20O7/c1-6(12)8(16-3)7(4-5-11)17-10(2,15)9(13)14/h6-8,11-12,15H,4-5H2,1-3H3,(H,13,14)/t6-,7?,8-,10?/m1/s1. The molecule has 7 nitrogen and oxygen atoms in total. The molecular weight excluding hydrogens is 232 g/mol. The maximum absolute atomic E-state index is 10.7. The number of ether oxygens (including phenoxy) is 2. The van der Waals surface area contributed by atoms with Gasteiger partial charge < -0.3 is 29.9 Å². The summed E-state index contributed by atoms with van der Waals surface area (Å²) >= 11 is 0. The van der Waals surface area contributed by atoms with E-state index >= 15 is 0 Å². The summed E-state index contributed by atoms with van der Waals surface area (Å²) in [6.45, 7) is 2.12. The Hall–Kier alpha value is -0.730. The molecule has 0 spiro atoms. The monoisotopic (exact) mass is 252 g/mol. The molecule has 17 heavy (non-hydrogen) atoms. The molecule has 0 radical (unpaired) electrons. The van der Waals surface area contributed by atoms with Gasteiger partial charge in [0.15, 0.2) is 0 Å². The van der Waals surface area contributed by atoms with E-state index in [2.05, 4.69) is 0 Å². The first-order valence-electron chi connectivity index (χ1n) is 5.21. The van der Waals surface area contributed by atoms with Gasteiger partial charge >= 0.3 is 5.97 Å². The molecule has 0 rings (SSSR count). The molecule has 7 heteroatoms. The van der Waals surface area contributed by atoms with E-state index in [9.17, 15) is 15.0 Å². The number of methoxy groups -OCH3 is 1. The lowest BCUT2D eigenvalue weighted by molar-refractivity contribution is -0.252. The zero-order chi connectivity index (χ0) is 13.6. The number of aliphatic hydroxyl groups is 3. The second-order valence-electron chi connectivity index (χ2n) is 3.90. The Labute approximate surface area is 99.6 Å². The van der Waals surface area contributed by atoms with E-state index < -0.39 is 30.1 Å². The predicted molar refractivity (Wildman–Crippen MR) is 57.3 cm³/mol. The molecule has 0 aromatic carbocycles. The molecule has 2 unspecified atom stereocenters. The van der Waals surface area contributed by atoms with Crippen molar-refractivity contribution in [2.24, 2.45) is 0 Å². The first kappa shape index (κ1) is 16.3. The Morgan fingerprint density at radius 1 is 1.47 bits per heavy atom. The van der Waals surface area contributed by atoms with Crippen molar-refractivity contribution >= 4 is 5.97 Å². The van der Waals surface area contributed by atoms with Crippen molar-refractivity contribution in [1.82, 2.24) is 0 Å². The number of aliphatic carboxylic acids is 1. The van der Waals surface area contributed by atoms with E-state index in [1.165, 1.54) is 14.0 Å². The third-order valence-corrected chi connectivity index (χ3v) is 2.31. The topological polar surface area (TPSA) is 116 Å². The van der Waals surface area contributed by atoms with Gasteiger partial charge in [-0.3, -0.25) is 0 Å².